The zero-order valence-corrected chi connectivity index (χ0v) is 13.6. The van der Waals surface area contributed by atoms with Crippen LogP contribution < -0.4 is 0 Å². The maximum atomic E-state index is 12.4. The largest absolute Gasteiger partial charge is 0.237 e. The van der Waals surface area contributed by atoms with Crippen LogP contribution in [0.3, 0.4) is 0 Å². The summed E-state index contributed by atoms with van der Waals surface area (Å²) in [5.74, 6) is 2.12. The molecule has 5 nitrogen and oxygen atoms in total. The Labute approximate surface area is 131 Å². The second kappa shape index (κ2) is 6.65. The van der Waals surface area contributed by atoms with Gasteiger partial charge in [0.2, 0.25) is 10.0 Å². The smallest absolute Gasteiger partial charge is 0.229 e. The minimum Gasteiger partial charge on any atom is -0.229 e. The molecule has 1 unspecified atom stereocenters. The molecule has 118 valence electrons. The van der Waals surface area contributed by atoms with E-state index in [0.29, 0.717) is 0 Å². The van der Waals surface area contributed by atoms with Crippen LogP contribution in [0, 0.1) is 12.3 Å². The van der Waals surface area contributed by atoms with E-state index < -0.39 is 25.9 Å². The quantitative estimate of drug-likeness (QED) is 0.754. The van der Waals surface area contributed by atoms with Gasteiger partial charge in [0.1, 0.15) is 0 Å². The summed E-state index contributed by atoms with van der Waals surface area (Å²) in [4.78, 5) is 0. The van der Waals surface area contributed by atoms with Crippen molar-refractivity contribution >= 4 is 25.9 Å². The van der Waals surface area contributed by atoms with Gasteiger partial charge in [-0.3, -0.25) is 0 Å². The average molecular weight is 339 g/mol. The molecule has 0 N–H and O–H groups in total. The number of sulfone groups is 1. The molecule has 0 aromatic heterocycles. The van der Waals surface area contributed by atoms with Gasteiger partial charge in [-0.15, -0.1) is 6.42 Å². The van der Waals surface area contributed by atoms with Gasteiger partial charge in [-0.25, -0.2) is 16.8 Å². The highest BCUT2D eigenvalue weighted by atomic mass is 32.2. The van der Waals surface area contributed by atoms with E-state index in [-0.39, 0.29) is 24.5 Å². The Balaban J connectivity index is 2.24. The van der Waals surface area contributed by atoms with E-state index in [1.165, 1.54) is 6.08 Å². The summed E-state index contributed by atoms with van der Waals surface area (Å²) in [6, 6.07) is 8.39. The van der Waals surface area contributed by atoms with Crippen molar-refractivity contribution in [2.75, 3.05) is 18.1 Å². The molecule has 1 heterocycles. The highest BCUT2D eigenvalue weighted by Crippen LogP contribution is 2.21. The van der Waals surface area contributed by atoms with Gasteiger partial charge >= 0.3 is 0 Å². The molecular formula is C15H17NO4S2. The molecule has 2 rings (SSSR count). The van der Waals surface area contributed by atoms with Crippen molar-refractivity contribution < 1.29 is 16.8 Å². The molecule has 0 radical (unpaired) electrons. The van der Waals surface area contributed by atoms with Gasteiger partial charge < -0.3 is 0 Å². The van der Waals surface area contributed by atoms with Crippen molar-refractivity contribution in [3.8, 4) is 12.3 Å². The highest BCUT2D eigenvalue weighted by molar-refractivity contribution is 7.93. The van der Waals surface area contributed by atoms with E-state index in [4.69, 9.17) is 6.42 Å². The Kier molecular flexibility index (Phi) is 5.06. The number of terminal acetylenes is 1. The van der Waals surface area contributed by atoms with Crippen LogP contribution in [-0.2, 0) is 19.9 Å². The van der Waals surface area contributed by atoms with Crippen molar-refractivity contribution in [2.24, 2.45) is 0 Å². The predicted octanol–water partition coefficient (Wildman–Crippen LogP) is 1.11. The third-order valence-corrected chi connectivity index (χ3v) is 6.73. The molecule has 1 fully saturated rings. The van der Waals surface area contributed by atoms with Crippen LogP contribution in [-0.4, -0.2) is 45.2 Å². The Bertz CT molecular complexity index is 790. The van der Waals surface area contributed by atoms with E-state index in [1.807, 2.05) is 6.07 Å². The van der Waals surface area contributed by atoms with Crippen LogP contribution >= 0.6 is 0 Å². The van der Waals surface area contributed by atoms with Crippen LogP contribution in [0.15, 0.2) is 35.7 Å². The topological polar surface area (TPSA) is 71.5 Å². The first-order chi connectivity index (χ1) is 10.3. The molecule has 1 saturated heterocycles. The normalized spacial score (nSPS) is 21.2. The summed E-state index contributed by atoms with van der Waals surface area (Å²) in [6.45, 7) is -0.137. The lowest BCUT2D eigenvalue weighted by Crippen LogP contribution is -2.40. The molecule has 1 aliphatic heterocycles. The number of benzene rings is 1. The molecule has 1 aromatic carbocycles. The Hall–Kier alpha value is -1.62. The van der Waals surface area contributed by atoms with E-state index in [1.54, 1.807) is 24.3 Å². The van der Waals surface area contributed by atoms with Gasteiger partial charge in [0.05, 0.1) is 18.1 Å². The number of hydrogen-bond acceptors (Lipinski definition) is 4. The van der Waals surface area contributed by atoms with E-state index in [2.05, 4.69) is 5.92 Å². The second-order valence-electron chi connectivity index (χ2n) is 5.06. The second-order valence-corrected chi connectivity index (χ2v) is 9.06. The minimum absolute atomic E-state index is 0.00332. The first-order valence-electron chi connectivity index (χ1n) is 6.73. The molecule has 1 aliphatic rings. The van der Waals surface area contributed by atoms with Gasteiger partial charge in [-0.2, -0.15) is 4.31 Å². The number of hydrogen-bond donors (Lipinski definition) is 0. The zero-order chi connectivity index (χ0) is 16.2. The molecular weight excluding hydrogens is 322 g/mol. The van der Waals surface area contributed by atoms with Gasteiger partial charge in [0.25, 0.3) is 0 Å². The van der Waals surface area contributed by atoms with Gasteiger partial charge in [0, 0.05) is 11.4 Å². The molecule has 0 aliphatic carbocycles. The molecule has 0 amide bonds. The third kappa shape index (κ3) is 4.19. The summed E-state index contributed by atoms with van der Waals surface area (Å²) >= 11 is 0. The minimum atomic E-state index is -3.77. The predicted molar refractivity (Wildman–Crippen MR) is 87.0 cm³/mol. The molecule has 7 heteroatoms. The Morgan fingerprint density at radius 1 is 1.32 bits per heavy atom. The van der Waals surface area contributed by atoms with E-state index in [9.17, 15) is 16.8 Å². The lowest BCUT2D eigenvalue weighted by atomic mass is 10.2. The molecule has 1 aromatic rings. The summed E-state index contributed by atoms with van der Waals surface area (Å²) in [7, 11) is -6.96. The fourth-order valence-corrected chi connectivity index (χ4v) is 5.49. The number of sulfonamides is 1. The fraction of sp³-hybridized carbons (Fsp3) is 0.333. The first-order valence-corrected chi connectivity index (χ1v) is 10.1. The van der Waals surface area contributed by atoms with Crippen LogP contribution in [0.2, 0.25) is 0 Å². The summed E-state index contributed by atoms with van der Waals surface area (Å²) < 4.78 is 49.1. The molecule has 0 saturated carbocycles. The Morgan fingerprint density at radius 3 is 2.55 bits per heavy atom. The van der Waals surface area contributed by atoms with Gasteiger partial charge in [-0.05, 0) is 18.1 Å². The molecule has 22 heavy (non-hydrogen) atoms. The first kappa shape index (κ1) is 16.7. The molecule has 0 bridgehead atoms. The molecule has 1 atom stereocenters. The van der Waals surface area contributed by atoms with Gasteiger partial charge in [0.15, 0.2) is 9.84 Å². The Morgan fingerprint density at radius 2 is 2.00 bits per heavy atom. The lowest BCUT2D eigenvalue weighted by molar-refractivity contribution is 0.376. The van der Waals surface area contributed by atoms with Crippen LogP contribution in [0.1, 0.15) is 12.0 Å². The van der Waals surface area contributed by atoms with E-state index >= 15 is 0 Å². The van der Waals surface area contributed by atoms with E-state index in [0.717, 1.165) is 15.3 Å². The van der Waals surface area contributed by atoms with Gasteiger partial charge in [-0.1, -0.05) is 36.3 Å². The van der Waals surface area contributed by atoms with Crippen molar-refractivity contribution in [2.45, 2.75) is 12.5 Å². The summed E-state index contributed by atoms with van der Waals surface area (Å²) in [5.41, 5.74) is 0.741. The van der Waals surface area contributed by atoms with Crippen molar-refractivity contribution in [1.82, 2.24) is 4.31 Å². The van der Waals surface area contributed by atoms with Crippen LogP contribution in [0.4, 0.5) is 0 Å². The fourth-order valence-electron chi connectivity index (χ4n) is 2.33. The third-order valence-electron chi connectivity index (χ3n) is 3.42. The zero-order valence-electron chi connectivity index (χ0n) is 11.9. The lowest BCUT2D eigenvalue weighted by Gasteiger charge is -2.23. The van der Waals surface area contributed by atoms with Crippen molar-refractivity contribution in [1.29, 1.82) is 0 Å². The monoisotopic (exact) mass is 339 g/mol. The van der Waals surface area contributed by atoms with Crippen molar-refractivity contribution in [3.05, 3.63) is 41.3 Å². The SMILES string of the molecule is C#CCN(C1CCS(=O)(=O)C1)S(=O)(=O)/C=C/c1ccccc1. The maximum Gasteiger partial charge on any atom is 0.237 e. The molecule has 0 spiro atoms. The maximum absolute atomic E-state index is 12.4. The summed E-state index contributed by atoms with van der Waals surface area (Å²) in [6.07, 6.45) is 6.99. The number of nitrogens with zero attached hydrogens (tertiary/aromatic N) is 1. The standard InChI is InChI=1S/C15H17NO4S2/c1-2-10-16(15-9-11-21(17,18)13-15)22(19,20)12-8-14-6-4-3-5-7-14/h1,3-8,12,15H,9-11,13H2/b12-8+. The average Bonchev–Trinajstić information content (AvgIpc) is 2.83. The van der Waals surface area contributed by atoms with Crippen LogP contribution in [0.25, 0.3) is 6.08 Å². The summed E-state index contributed by atoms with van der Waals surface area (Å²) in [5, 5.41) is 1.07. The highest BCUT2D eigenvalue weighted by Gasteiger charge is 2.36. The van der Waals surface area contributed by atoms with Crippen LogP contribution in [0.5, 0.6) is 0 Å². The number of rotatable bonds is 5. The van der Waals surface area contributed by atoms with Crippen molar-refractivity contribution in [3.63, 3.8) is 0 Å².